The number of rotatable bonds is 3. The highest BCUT2D eigenvalue weighted by molar-refractivity contribution is 6.09. The van der Waals surface area contributed by atoms with Crippen LogP contribution in [0.3, 0.4) is 0 Å². The standard InChI is InChI=1S/C22H28N4O7/c1-21(2,3)33-20(30)25-9-7-24(8-10-25)17(27)12-26-18(28)22(4,23-19(26)29)14-5-6-15-16(11-14)32-13-31-15/h5-6,11H,7-10,12-13H2,1-4H3,(H,23,29). The molecule has 4 rings (SSSR count). The molecule has 33 heavy (non-hydrogen) atoms. The maximum Gasteiger partial charge on any atom is 0.410 e. The third kappa shape index (κ3) is 4.39. The molecule has 1 atom stereocenters. The third-order valence-corrected chi connectivity index (χ3v) is 5.80. The van der Waals surface area contributed by atoms with E-state index in [1.165, 1.54) is 4.90 Å². The SMILES string of the molecule is CC(C)(C)OC(=O)N1CCN(C(=O)CN2C(=O)NC(C)(c3ccc4c(c3)OCO4)C2=O)CC1. The molecule has 0 aliphatic carbocycles. The number of imide groups is 1. The lowest BCUT2D eigenvalue weighted by Crippen LogP contribution is -2.54. The minimum atomic E-state index is -1.33. The van der Waals surface area contributed by atoms with Crippen molar-refractivity contribution < 1.29 is 33.4 Å². The van der Waals surface area contributed by atoms with Crippen LogP contribution in [0.1, 0.15) is 33.3 Å². The van der Waals surface area contributed by atoms with Crippen LogP contribution in [0.4, 0.5) is 9.59 Å². The van der Waals surface area contributed by atoms with Crippen LogP contribution in [0, 0.1) is 0 Å². The number of carbonyl (C=O) groups excluding carboxylic acids is 4. The van der Waals surface area contributed by atoms with Gasteiger partial charge in [0, 0.05) is 26.2 Å². The molecular weight excluding hydrogens is 432 g/mol. The largest absolute Gasteiger partial charge is 0.454 e. The van der Waals surface area contributed by atoms with Gasteiger partial charge in [0.2, 0.25) is 12.7 Å². The van der Waals surface area contributed by atoms with E-state index in [0.717, 1.165) is 4.90 Å². The summed E-state index contributed by atoms with van der Waals surface area (Å²) in [5.74, 6) is 0.175. The van der Waals surface area contributed by atoms with Crippen LogP contribution in [0.5, 0.6) is 11.5 Å². The lowest BCUT2D eigenvalue weighted by molar-refractivity contribution is -0.139. The fraction of sp³-hybridized carbons (Fsp3) is 0.545. The third-order valence-electron chi connectivity index (χ3n) is 5.80. The van der Waals surface area contributed by atoms with Crippen LogP contribution in [0.25, 0.3) is 0 Å². The number of nitrogens with zero attached hydrogens (tertiary/aromatic N) is 3. The molecule has 0 bridgehead atoms. The molecule has 1 N–H and O–H groups in total. The van der Waals surface area contributed by atoms with Crippen LogP contribution >= 0.6 is 0 Å². The molecule has 11 nitrogen and oxygen atoms in total. The Balaban J connectivity index is 1.37. The van der Waals surface area contributed by atoms with Gasteiger partial charge in [0.05, 0.1) is 0 Å². The molecule has 5 amide bonds. The van der Waals surface area contributed by atoms with Crippen molar-refractivity contribution in [1.82, 2.24) is 20.0 Å². The Morgan fingerprint density at radius 2 is 1.70 bits per heavy atom. The average Bonchev–Trinajstić information content (AvgIpc) is 3.31. The second-order valence-electron chi connectivity index (χ2n) is 9.36. The molecule has 3 aliphatic heterocycles. The molecule has 0 spiro atoms. The Bertz CT molecular complexity index is 997. The fourth-order valence-electron chi connectivity index (χ4n) is 3.94. The molecule has 178 valence electrons. The van der Waals surface area contributed by atoms with Crippen LogP contribution in [-0.4, -0.2) is 83.8 Å². The van der Waals surface area contributed by atoms with Gasteiger partial charge in [-0.05, 0) is 45.4 Å². The molecule has 3 heterocycles. The number of hydrogen-bond donors (Lipinski definition) is 1. The van der Waals surface area contributed by atoms with Crippen molar-refractivity contribution in [2.24, 2.45) is 0 Å². The fourth-order valence-corrected chi connectivity index (χ4v) is 3.94. The van der Waals surface area contributed by atoms with E-state index in [-0.39, 0.29) is 19.2 Å². The molecule has 0 saturated carbocycles. The van der Waals surface area contributed by atoms with Gasteiger partial charge in [-0.25, -0.2) is 9.59 Å². The highest BCUT2D eigenvalue weighted by Gasteiger charge is 2.50. The zero-order valence-electron chi connectivity index (χ0n) is 19.2. The Morgan fingerprint density at radius 3 is 2.36 bits per heavy atom. The van der Waals surface area contributed by atoms with Crippen LogP contribution in [0.15, 0.2) is 18.2 Å². The number of carbonyl (C=O) groups is 4. The van der Waals surface area contributed by atoms with E-state index in [4.69, 9.17) is 14.2 Å². The summed E-state index contributed by atoms with van der Waals surface area (Å²) in [6.45, 7) is 7.90. The van der Waals surface area contributed by atoms with Gasteiger partial charge in [-0.15, -0.1) is 0 Å². The van der Waals surface area contributed by atoms with Gasteiger partial charge in [0.25, 0.3) is 5.91 Å². The Kier molecular flexibility index (Phi) is 5.59. The predicted octanol–water partition coefficient (Wildman–Crippen LogP) is 1.26. The molecule has 2 fully saturated rings. The highest BCUT2D eigenvalue weighted by Crippen LogP contribution is 2.37. The summed E-state index contributed by atoms with van der Waals surface area (Å²) in [4.78, 5) is 54.8. The van der Waals surface area contributed by atoms with E-state index >= 15 is 0 Å². The summed E-state index contributed by atoms with van der Waals surface area (Å²) < 4.78 is 16.0. The van der Waals surface area contributed by atoms with E-state index in [1.54, 1.807) is 50.8 Å². The summed E-state index contributed by atoms with van der Waals surface area (Å²) in [6, 6.07) is 4.38. The molecule has 1 unspecified atom stereocenters. The first-order valence-corrected chi connectivity index (χ1v) is 10.8. The maximum atomic E-state index is 13.2. The first-order valence-electron chi connectivity index (χ1n) is 10.8. The highest BCUT2D eigenvalue weighted by atomic mass is 16.7. The van der Waals surface area contributed by atoms with Gasteiger partial charge >= 0.3 is 12.1 Å². The van der Waals surface area contributed by atoms with E-state index in [0.29, 0.717) is 43.2 Å². The summed E-state index contributed by atoms with van der Waals surface area (Å²) in [6.07, 6.45) is -0.428. The number of piperazine rings is 1. The van der Waals surface area contributed by atoms with Crippen molar-refractivity contribution in [1.29, 1.82) is 0 Å². The first kappa shape index (κ1) is 22.7. The number of benzene rings is 1. The summed E-state index contributed by atoms with van der Waals surface area (Å²) in [5.41, 5.74) is -1.39. The molecule has 0 radical (unpaired) electrons. The van der Waals surface area contributed by atoms with Crippen molar-refractivity contribution >= 4 is 23.9 Å². The number of amides is 5. The Hall–Kier alpha value is -3.50. The Morgan fingerprint density at radius 1 is 1.06 bits per heavy atom. The molecular formula is C22H28N4O7. The minimum absolute atomic E-state index is 0.0949. The topological polar surface area (TPSA) is 118 Å². The smallest absolute Gasteiger partial charge is 0.410 e. The van der Waals surface area contributed by atoms with Crippen molar-refractivity contribution in [2.45, 2.75) is 38.8 Å². The number of urea groups is 1. The lowest BCUT2D eigenvalue weighted by atomic mass is 9.91. The van der Waals surface area contributed by atoms with Crippen LogP contribution < -0.4 is 14.8 Å². The van der Waals surface area contributed by atoms with Crippen LogP contribution in [0.2, 0.25) is 0 Å². The summed E-state index contributed by atoms with van der Waals surface area (Å²) in [7, 11) is 0. The normalized spacial score (nSPS) is 22.5. The predicted molar refractivity (Wildman–Crippen MR) is 115 cm³/mol. The molecule has 1 aromatic carbocycles. The van der Waals surface area contributed by atoms with Gasteiger partial charge in [-0.1, -0.05) is 6.07 Å². The monoisotopic (exact) mass is 460 g/mol. The van der Waals surface area contributed by atoms with E-state index in [9.17, 15) is 19.2 Å². The second-order valence-corrected chi connectivity index (χ2v) is 9.36. The average molecular weight is 460 g/mol. The Labute approximate surface area is 191 Å². The number of nitrogens with one attached hydrogen (secondary N) is 1. The molecule has 0 aromatic heterocycles. The lowest BCUT2D eigenvalue weighted by Gasteiger charge is -2.36. The minimum Gasteiger partial charge on any atom is -0.454 e. The number of hydrogen-bond acceptors (Lipinski definition) is 7. The first-order chi connectivity index (χ1) is 15.5. The van der Waals surface area contributed by atoms with E-state index in [1.807, 2.05) is 0 Å². The number of ether oxygens (including phenoxy) is 3. The molecule has 1 aromatic rings. The van der Waals surface area contributed by atoms with Crippen molar-refractivity contribution in [3.63, 3.8) is 0 Å². The zero-order chi connectivity index (χ0) is 24.0. The van der Waals surface area contributed by atoms with Crippen molar-refractivity contribution in [3.05, 3.63) is 23.8 Å². The van der Waals surface area contributed by atoms with Gasteiger partial charge in [-0.2, -0.15) is 0 Å². The van der Waals surface area contributed by atoms with Gasteiger partial charge in [-0.3, -0.25) is 14.5 Å². The van der Waals surface area contributed by atoms with E-state index in [2.05, 4.69) is 5.32 Å². The summed E-state index contributed by atoms with van der Waals surface area (Å²) >= 11 is 0. The zero-order valence-corrected chi connectivity index (χ0v) is 19.2. The maximum absolute atomic E-state index is 13.2. The van der Waals surface area contributed by atoms with Crippen molar-refractivity contribution in [2.75, 3.05) is 39.5 Å². The van der Waals surface area contributed by atoms with Gasteiger partial charge < -0.3 is 29.3 Å². The van der Waals surface area contributed by atoms with Gasteiger partial charge in [0.15, 0.2) is 11.5 Å². The second kappa shape index (κ2) is 8.13. The number of fused-ring (bicyclic) bond motifs is 1. The molecule has 11 heteroatoms. The summed E-state index contributed by atoms with van der Waals surface area (Å²) in [5, 5.41) is 2.69. The van der Waals surface area contributed by atoms with Crippen molar-refractivity contribution in [3.8, 4) is 11.5 Å². The van der Waals surface area contributed by atoms with E-state index < -0.39 is 29.2 Å². The van der Waals surface area contributed by atoms with Gasteiger partial charge in [0.1, 0.15) is 17.7 Å². The quantitative estimate of drug-likeness (QED) is 0.675. The molecule has 3 aliphatic rings. The molecule has 2 saturated heterocycles. The van der Waals surface area contributed by atoms with Crippen LogP contribution in [-0.2, 0) is 19.9 Å².